The number of anilines is 4. The van der Waals surface area contributed by atoms with Gasteiger partial charge in [0.25, 0.3) is 0 Å². The first-order valence-electron chi connectivity index (χ1n) is 10.7. The van der Waals surface area contributed by atoms with Gasteiger partial charge >= 0.3 is 0 Å². The van der Waals surface area contributed by atoms with Crippen LogP contribution >= 0.6 is 0 Å². The van der Waals surface area contributed by atoms with Gasteiger partial charge in [-0.2, -0.15) is 0 Å². The zero-order valence-corrected chi connectivity index (χ0v) is 18.3. The second-order valence-electron chi connectivity index (χ2n) is 8.01. The molecule has 174 valence electrons. The number of hydrogen-bond acceptors (Lipinski definition) is 7. The van der Waals surface area contributed by atoms with E-state index in [1.807, 2.05) is 24.3 Å². The van der Waals surface area contributed by atoms with E-state index in [1.54, 1.807) is 25.4 Å². The number of ether oxygens (including phenoxy) is 1. The summed E-state index contributed by atoms with van der Waals surface area (Å²) >= 11 is 0. The summed E-state index contributed by atoms with van der Waals surface area (Å²) in [6.07, 6.45) is 4.86. The van der Waals surface area contributed by atoms with Gasteiger partial charge in [-0.25, -0.2) is 4.39 Å². The van der Waals surface area contributed by atoms with E-state index in [1.165, 1.54) is 12.1 Å². The number of phenolic OH excluding ortho intramolecular Hbond substituents is 1. The number of nitrogen functional groups attached to an aromatic ring is 1. The van der Waals surface area contributed by atoms with Crippen LogP contribution in [-0.2, 0) is 10.5 Å². The Morgan fingerprint density at radius 1 is 1.18 bits per heavy atom. The number of nitrogens with one attached hydrogen (secondary N) is 3. The topological polar surface area (TPSA) is 119 Å². The van der Waals surface area contributed by atoms with E-state index in [0.717, 1.165) is 43.7 Å². The third-order valence-corrected chi connectivity index (χ3v) is 5.56. The van der Waals surface area contributed by atoms with Gasteiger partial charge in [-0.05, 0) is 49.4 Å². The number of nitrogens with zero attached hydrogens (tertiary/aromatic N) is 1. The van der Waals surface area contributed by atoms with Crippen LogP contribution in [0.25, 0.3) is 6.08 Å². The van der Waals surface area contributed by atoms with Crippen LogP contribution in [-0.4, -0.2) is 41.5 Å². The van der Waals surface area contributed by atoms with Crippen molar-refractivity contribution < 1.29 is 19.3 Å². The lowest BCUT2D eigenvalue weighted by Gasteiger charge is -2.30. The number of H-pyrrole nitrogens is 1. The molecule has 1 unspecified atom stereocenters. The molecule has 0 bridgehead atoms. The Kier molecular flexibility index (Phi) is 6.43. The van der Waals surface area contributed by atoms with Crippen molar-refractivity contribution in [2.24, 2.45) is 0 Å². The number of halogens is 1. The molecular weight excluding hydrogens is 425 g/mol. The fourth-order valence-corrected chi connectivity index (χ4v) is 3.76. The summed E-state index contributed by atoms with van der Waals surface area (Å²) in [6.45, 7) is 4.79. The molecule has 2 heterocycles. The Bertz CT molecular complexity index is 1120. The van der Waals surface area contributed by atoms with Gasteiger partial charge in [0, 0.05) is 48.5 Å². The van der Waals surface area contributed by atoms with E-state index in [0.29, 0.717) is 22.6 Å². The zero-order valence-electron chi connectivity index (χ0n) is 18.3. The van der Waals surface area contributed by atoms with E-state index in [4.69, 9.17) is 10.5 Å². The molecule has 0 amide bonds. The Labute approximate surface area is 191 Å². The third-order valence-electron chi connectivity index (χ3n) is 5.56. The summed E-state index contributed by atoms with van der Waals surface area (Å²) in [6, 6.07) is 11.5. The number of rotatable bonds is 7. The molecule has 1 saturated heterocycles. The Morgan fingerprint density at radius 2 is 1.91 bits per heavy atom. The van der Waals surface area contributed by atoms with E-state index >= 15 is 0 Å². The summed E-state index contributed by atoms with van der Waals surface area (Å²) in [5.74, 6) is -0.725. The molecule has 0 aliphatic carbocycles. The smallest absolute Gasteiger partial charge is 0.162 e. The van der Waals surface area contributed by atoms with Gasteiger partial charge in [-0.15, -0.1) is 0 Å². The van der Waals surface area contributed by atoms with Crippen LogP contribution in [0.5, 0.6) is 5.75 Å². The number of morpholine rings is 1. The first-order valence-corrected chi connectivity index (χ1v) is 10.7. The quantitative estimate of drug-likeness (QED) is 0.239. The third kappa shape index (κ3) is 5.21. The van der Waals surface area contributed by atoms with Crippen LogP contribution in [0.2, 0.25) is 0 Å². The maximum absolute atomic E-state index is 13.1. The number of nitrogens with two attached hydrogens (primary N) is 1. The van der Waals surface area contributed by atoms with Crippen LogP contribution in [0, 0.1) is 5.82 Å². The highest BCUT2D eigenvalue weighted by Crippen LogP contribution is 2.31. The minimum atomic E-state index is -1.42. The minimum absolute atomic E-state index is 0.202. The summed E-state index contributed by atoms with van der Waals surface area (Å²) in [7, 11) is 0. The van der Waals surface area contributed by atoms with Crippen LogP contribution in [0.15, 0.2) is 54.9 Å². The van der Waals surface area contributed by atoms with Crippen molar-refractivity contribution >= 4 is 28.8 Å². The highest BCUT2D eigenvalue weighted by molar-refractivity contribution is 5.69. The molecule has 8 nitrogen and oxygen atoms in total. The van der Waals surface area contributed by atoms with Crippen LogP contribution in [0.3, 0.4) is 0 Å². The van der Waals surface area contributed by atoms with Crippen molar-refractivity contribution in [3.05, 3.63) is 71.9 Å². The SMILES string of the molecule is CC(O)(Nc1ccc(N2CCOCC2)cc1)c1c[nH]c(/C=C\Nc2ccc(F)cc2O)c1N. The van der Waals surface area contributed by atoms with Gasteiger partial charge in [-0.1, -0.05) is 0 Å². The van der Waals surface area contributed by atoms with Gasteiger partial charge in [-0.3, -0.25) is 0 Å². The average molecular weight is 454 g/mol. The molecule has 9 heteroatoms. The van der Waals surface area contributed by atoms with Crippen molar-refractivity contribution in [2.45, 2.75) is 12.6 Å². The number of benzene rings is 2. The average Bonchev–Trinajstić information content (AvgIpc) is 3.17. The summed E-state index contributed by atoms with van der Waals surface area (Å²) in [4.78, 5) is 5.29. The maximum atomic E-state index is 13.1. The Hall–Kier alpha value is -3.69. The molecule has 2 aromatic carbocycles. The fraction of sp³-hybridized carbons (Fsp3) is 0.250. The largest absolute Gasteiger partial charge is 0.506 e. The molecule has 1 aliphatic heterocycles. The van der Waals surface area contributed by atoms with Crippen LogP contribution in [0.4, 0.5) is 27.1 Å². The maximum Gasteiger partial charge on any atom is 0.162 e. The summed E-state index contributed by atoms with van der Waals surface area (Å²) < 4.78 is 18.5. The van der Waals surface area contributed by atoms with E-state index in [9.17, 15) is 14.6 Å². The molecule has 7 N–H and O–H groups in total. The minimum Gasteiger partial charge on any atom is -0.506 e. The molecule has 33 heavy (non-hydrogen) atoms. The normalized spacial score (nSPS) is 16.0. The van der Waals surface area contributed by atoms with Crippen molar-refractivity contribution in [2.75, 3.05) is 47.6 Å². The molecule has 1 atom stereocenters. The zero-order chi connectivity index (χ0) is 23.4. The van der Waals surface area contributed by atoms with E-state index < -0.39 is 11.5 Å². The van der Waals surface area contributed by atoms with Gasteiger partial charge in [0.15, 0.2) is 5.72 Å². The molecule has 0 saturated carbocycles. The van der Waals surface area contributed by atoms with Gasteiger partial charge in [0.05, 0.1) is 30.3 Å². The molecular formula is C24H28FN5O3. The predicted octanol–water partition coefficient (Wildman–Crippen LogP) is 3.64. The van der Waals surface area contributed by atoms with E-state index in [2.05, 4.69) is 20.5 Å². The standard InChI is InChI=1S/C24H28FN5O3/c1-24(32,29-17-3-5-18(6-4-17)30-10-12-33-13-11-30)19-15-28-21(23(19)26)8-9-27-20-7-2-16(25)14-22(20)31/h2-9,14-15,27-29,31-32H,10-13,26H2,1H3/b9-8-. The lowest BCUT2D eigenvalue weighted by molar-refractivity contribution is 0.0897. The first-order chi connectivity index (χ1) is 15.8. The monoisotopic (exact) mass is 453 g/mol. The number of aromatic nitrogens is 1. The number of aliphatic hydroxyl groups is 1. The molecule has 1 aromatic heterocycles. The lowest BCUT2D eigenvalue weighted by Crippen LogP contribution is -2.36. The number of aromatic hydroxyl groups is 1. The van der Waals surface area contributed by atoms with Crippen LogP contribution in [0.1, 0.15) is 18.2 Å². The van der Waals surface area contributed by atoms with Gasteiger partial charge < -0.3 is 41.2 Å². The highest BCUT2D eigenvalue weighted by atomic mass is 19.1. The van der Waals surface area contributed by atoms with Crippen molar-refractivity contribution in [1.29, 1.82) is 0 Å². The number of phenols is 1. The first kappa shape index (κ1) is 22.5. The summed E-state index contributed by atoms with van der Waals surface area (Å²) in [5.41, 5.74) is 8.50. The number of aromatic amines is 1. The molecule has 1 aliphatic rings. The molecule has 4 rings (SSSR count). The second-order valence-corrected chi connectivity index (χ2v) is 8.01. The second kappa shape index (κ2) is 9.43. The van der Waals surface area contributed by atoms with Gasteiger partial charge in [0.1, 0.15) is 11.6 Å². The highest BCUT2D eigenvalue weighted by Gasteiger charge is 2.27. The fourth-order valence-electron chi connectivity index (χ4n) is 3.76. The Balaban J connectivity index is 1.42. The van der Waals surface area contributed by atoms with Gasteiger partial charge in [0.2, 0.25) is 0 Å². The summed E-state index contributed by atoms with van der Waals surface area (Å²) in [5, 5.41) is 26.8. The molecule has 0 spiro atoms. The molecule has 1 fully saturated rings. The van der Waals surface area contributed by atoms with Crippen molar-refractivity contribution in [3.63, 3.8) is 0 Å². The number of hydrogen-bond donors (Lipinski definition) is 6. The van der Waals surface area contributed by atoms with Crippen LogP contribution < -0.4 is 21.3 Å². The Morgan fingerprint density at radius 3 is 2.61 bits per heavy atom. The van der Waals surface area contributed by atoms with Crippen molar-refractivity contribution in [1.82, 2.24) is 4.98 Å². The lowest BCUT2D eigenvalue weighted by atomic mass is 10.1. The molecule has 3 aromatic rings. The predicted molar refractivity (Wildman–Crippen MR) is 129 cm³/mol. The van der Waals surface area contributed by atoms with Crippen molar-refractivity contribution in [3.8, 4) is 5.75 Å². The van der Waals surface area contributed by atoms with E-state index in [-0.39, 0.29) is 5.75 Å². The molecule has 0 radical (unpaired) electrons.